The van der Waals surface area contributed by atoms with E-state index in [1.165, 1.54) is 19.3 Å². The standard InChI is InChI=1S/C10H20/c1-5-6-9-7-10(9,4)8(2)3/h8-9H,5-7H2,1-4H3. The fraction of sp³-hybridized carbons (Fsp3) is 1.00. The summed E-state index contributed by atoms with van der Waals surface area (Å²) in [6.45, 7) is 9.45. The first-order valence-electron chi connectivity index (χ1n) is 4.61. The summed E-state index contributed by atoms with van der Waals surface area (Å²) in [4.78, 5) is 0. The largest absolute Gasteiger partial charge is 0.0654 e. The summed E-state index contributed by atoms with van der Waals surface area (Å²) < 4.78 is 0. The van der Waals surface area contributed by atoms with E-state index in [9.17, 15) is 0 Å². The van der Waals surface area contributed by atoms with Crippen LogP contribution in [0, 0.1) is 17.3 Å². The van der Waals surface area contributed by atoms with Crippen LogP contribution in [0.2, 0.25) is 0 Å². The maximum absolute atomic E-state index is 2.44. The minimum absolute atomic E-state index is 0.718. The summed E-state index contributed by atoms with van der Waals surface area (Å²) >= 11 is 0. The van der Waals surface area contributed by atoms with Gasteiger partial charge in [0.1, 0.15) is 0 Å². The van der Waals surface area contributed by atoms with Gasteiger partial charge in [-0.1, -0.05) is 40.5 Å². The van der Waals surface area contributed by atoms with Crippen molar-refractivity contribution in [1.29, 1.82) is 0 Å². The lowest BCUT2D eigenvalue weighted by molar-refractivity contribution is 0.349. The molecule has 0 N–H and O–H groups in total. The molecule has 2 atom stereocenters. The van der Waals surface area contributed by atoms with Gasteiger partial charge in [0.05, 0.1) is 0 Å². The van der Waals surface area contributed by atoms with Crippen LogP contribution in [0.25, 0.3) is 0 Å². The molecule has 2 unspecified atom stereocenters. The third-order valence-electron chi connectivity index (χ3n) is 3.41. The number of hydrogen-bond donors (Lipinski definition) is 0. The molecule has 10 heavy (non-hydrogen) atoms. The van der Waals surface area contributed by atoms with Crippen molar-refractivity contribution in [1.82, 2.24) is 0 Å². The lowest BCUT2D eigenvalue weighted by Crippen LogP contribution is -2.06. The molecule has 0 saturated heterocycles. The summed E-state index contributed by atoms with van der Waals surface area (Å²) in [5, 5.41) is 0. The third kappa shape index (κ3) is 1.21. The van der Waals surface area contributed by atoms with Gasteiger partial charge < -0.3 is 0 Å². The van der Waals surface area contributed by atoms with Crippen molar-refractivity contribution in [2.24, 2.45) is 17.3 Å². The first-order chi connectivity index (χ1) is 4.61. The molecule has 60 valence electrons. The second kappa shape index (κ2) is 2.56. The van der Waals surface area contributed by atoms with E-state index in [0.29, 0.717) is 0 Å². The average molecular weight is 140 g/mol. The highest BCUT2D eigenvalue weighted by Crippen LogP contribution is 2.59. The molecule has 0 radical (unpaired) electrons. The Kier molecular flexibility index (Phi) is 2.07. The van der Waals surface area contributed by atoms with E-state index < -0.39 is 0 Å². The molecular weight excluding hydrogens is 120 g/mol. The van der Waals surface area contributed by atoms with Gasteiger partial charge in [-0.15, -0.1) is 0 Å². The van der Waals surface area contributed by atoms with Gasteiger partial charge in [-0.25, -0.2) is 0 Å². The predicted molar refractivity (Wildman–Crippen MR) is 46.0 cm³/mol. The van der Waals surface area contributed by atoms with Gasteiger partial charge in [-0.05, 0) is 23.7 Å². The van der Waals surface area contributed by atoms with Gasteiger partial charge >= 0.3 is 0 Å². The zero-order chi connectivity index (χ0) is 7.78. The molecule has 0 aliphatic heterocycles. The lowest BCUT2D eigenvalue weighted by Gasteiger charge is -2.14. The maximum Gasteiger partial charge on any atom is -0.0271 e. The van der Waals surface area contributed by atoms with Gasteiger partial charge in [0.25, 0.3) is 0 Å². The van der Waals surface area contributed by atoms with Crippen LogP contribution >= 0.6 is 0 Å². The molecule has 0 aromatic rings. The maximum atomic E-state index is 2.44. The quantitative estimate of drug-likeness (QED) is 0.563. The first-order valence-corrected chi connectivity index (χ1v) is 4.61. The molecule has 1 aliphatic carbocycles. The highest BCUT2D eigenvalue weighted by Gasteiger charge is 2.50. The summed E-state index contributed by atoms with van der Waals surface area (Å²) in [6, 6.07) is 0. The van der Waals surface area contributed by atoms with Gasteiger partial charge in [0, 0.05) is 0 Å². The molecule has 0 aromatic carbocycles. The van der Waals surface area contributed by atoms with Gasteiger partial charge in [0.2, 0.25) is 0 Å². The Balaban J connectivity index is 2.33. The van der Waals surface area contributed by atoms with Crippen molar-refractivity contribution >= 4 is 0 Å². The molecule has 0 bridgehead atoms. The summed E-state index contributed by atoms with van der Waals surface area (Å²) in [5.74, 6) is 1.95. The Morgan fingerprint density at radius 1 is 1.50 bits per heavy atom. The highest BCUT2D eigenvalue weighted by molar-refractivity contribution is 5.00. The Morgan fingerprint density at radius 3 is 2.40 bits per heavy atom. The van der Waals surface area contributed by atoms with Crippen molar-refractivity contribution in [2.45, 2.75) is 47.0 Å². The van der Waals surface area contributed by atoms with Crippen molar-refractivity contribution < 1.29 is 0 Å². The minimum atomic E-state index is 0.718. The Hall–Kier alpha value is 0. The zero-order valence-electron chi connectivity index (χ0n) is 7.78. The number of hydrogen-bond acceptors (Lipinski definition) is 0. The molecule has 0 amide bonds. The van der Waals surface area contributed by atoms with Crippen LogP contribution in [0.5, 0.6) is 0 Å². The fourth-order valence-corrected chi connectivity index (χ4v) is 1.96. The smallest absolute Gasteiger partial charge is 0.0271 e. The van der Waals surface area contributed by atoms with Crippen LogP contribution in [0.15, 0.2) is 0 Å². The zero-order valence-corrected chi connectivity index (χ0v) is 7.78. The number of rotatable bonds is 3. The molecule has 0 heteroatoms. The second-order valence-electron chi connectivity index (χ2n) is 4.35. The third-order valence-corrected chi connectivity index (χ3v) is 3.41. The molecular formula is C10H20. The van der Waals surface area contributed by atoms with Gasteiger partial charge in [-0.3, -0.25) is 0 Å². The van der Waals surface area contributed by atoms with Crippen molar-refractivity contribution in [2.75, 3.05) is 0 Å². The second-order valence-corrected chi connectivity index (χ2v) is 4.35. The summed E-state index contributed by atoms with van der Waals surface area (Å²) in [7, 11) is 0. The Labute approximate surface area is 65.0 Å². The molecule has 1 fully saturated rings. The van der Waals surface area contributed by atoms with Crippen molar-refractivity contribution in [3.63, 3.8) is 0 Å². The van der Waals surface area contributed by atoms with E-state index in [2.05, 4.69) is 27.7 Å². The van der Waals surface area contributed by atoms with E-state index in [1.54, 1.807) is 0 Å². The van der Waals surface area contributed by atoms with Crippen LogP contribution in [0.1, 0.15) is 47.0 Å². The molecule has 0 nitrogen and oxygen atoms in total. The molecule has 0 heterocycles. The molecule has 0 aromatic heterocycles. The normalized spacial score (nSPS) is 38.7. The Bertz CT molecular complexity index is 115. The lowest BCUT2D eigenvalue weighted by atomic mass is 9.91. The van der Waals surface area contributed by atoms with E-state index >= 15 is 0 Å². The SMILES string of the molecule is CCCC1CC1(C)C(C)C. The van der Waals surface area contributed by atoms with Crippen LogP contribution in [-0.4, -0.2) is 0 Å². The van der Waals surface area contributed by atoms with E-state index in [-0.39, 0.29) is 0 Å². The fourth-order valence-electron chi connectivity index (χ4n) is 1.96. The topological polar surface area (TPSA) is 0 Å². The minimum Gasteiger partial charge on any atom is -0.0654 e. The van der Waals surface area contributed by atoms with Crippen LogP contribution in [0.4, 0.5) is 0 Å². The molecule has 1 rings (SSSR count). The summed E-state index contributed by atoms with van der Waals surface area (Å²) in [5.41, 5.74) is 0.718. The predicted octanol–water partition coefficient (Wildman–Crippen LogP) is 3.47. The van der Waals surface area contributed by atoms with Crippen LogP contribution in [0.3, 0.4) is 0 Å². The van der Waals surface area contributed by atoms with Gasteiger partial charge in [-0.2, -0.15) is 0 Å². The van der Waals surface area contributed by atoms with Crippen molar-refractivity contribution in [3.05, 3.63) is 0 Å². The van der Waals surface area contributed by atoms with E-state index in [0.717, 1.165) is 17.3 Å². The van der Waals surface area contributed by atoms with Gasteiger partial charge in [0.15, 0.2) is 0 Å². The molecule has 0 spiro atoms. The van der Waals surface area contributed by atoms with E-state index in [4.69, 9.17) is 0 Å². The molecule has 1 saturated carbocycles. The summed E-state index contributed by atoms with van der Waals surface area (Å²) in [6.07, 6.45) is 4.31. The Morgan fingerprint density at radius 2 is 2.10 bits per heavy atom. The average Bonchev–Trinajstić information content (AvgIpc) is 2.45. The first kappa shape index (κ1) is 8.10. The molecule has 1 aliphatic rings. The van der Waals surface area contributed by atoms with E-state index in [1.807, 2.05) is 0 Å². The van der Waals surface area contributed by atoms with Crippen LogP contribution < -0.4 is 0 Å². The van der Waals surface area contributed by atoms with Crippen LogP contribution in [-0.2, 0) is 0 Å². The van der Waals surface area contributed by atoms with Crippen molar-refractivity contribution in [3.8, 4) is 0 Å². The monoisotopic (exact) mass is 140 g/mol. The highest BCUT2D eigenvalue weighted by atomic mass is 14.5.